The molecule has 0 radical (unpaired) electrons. The highest BCUT2D eigenvalue weighted by Crippen LogP contribution is 2.54. The SMILES string of the molecule is CC(=O)O[C@@H]1[C@@H]2C[C@H]1N(C(C)=O)[C@H]2c1ccccc1. The van der Waals surface area contributed by atoms with Gasteiger partial charge in [0.25, 0.3) is 0 Å². The second-order valence-corrected chi connectivity index (χ2v) is 5.32. The normalized spacial score (nSPS) is 31.8. The van der Waals surface area contributed by atoms with Gasteiger partial charge in [-0.1, -0.05) is 30.3 Å². The van der Waals surface area contributed by atoms with E-state index in [-0.39, 0.29) is 36.0 Å². The van der Waals surface area contributed by atoms with E-state index in [9.17, 15) is 9.59 Å². The van der Waals surface area contributed by atoms with Gasteiger partial charge in [-0.3, -0.25) is 9.59 Å². The molecule has 4 heteroatoms. The van der Waals surface area contributed by atoms with Crippen LogP contribution < -0.4 is 0 Å². The van der Waals surface area contributed by atoms with Gasteiger partial charge in [0.1, 0.15) is 6.10 Å². The van der Waals surface area contributed by atoms with Gasteiger partial charge in [-0.2, -0.15) is 0 Å². The largest absolute Gasteiger partial charge is 0.460 e. The van der Waals surface area contributed by atoms with Crippen LogP contribution in [0.3, 0.4) is 0 Å². The van der Waals surface area contributed by atoms with Crippen molar-refractivity contribution in [3.8, 4) is 0 Å². The Morgan fingerprint density at radius 1 is 1.21 bits per heavy atom. The van der Waals surface area contributed by atoms with E-state index in [1.165, 1.54) is 6.92 Å². The zero-order valence-corrected chi connectivity index (χ0v) is 11.1. The molecule has 1 aromatic rings. The number of carbonyl (C=O) groups excluding carboxylic acids is 2. The zero-order valence-electron chi connectivity index (χ0n) is 11.1. The Morgan fingerprint density at radius 2 is 1.89 bits per heavy atom. The average molecular weight is 259 g/mol. The third-order valence-electron chi connectivity index (χ3n) is 4.18. The Bertz CT molecular complexity index is 513. The molecular weight excluding hydrogens is 242 g/mol. The summed E-state index contributed by atoms with van der Waals surface area (Å²) >= 11 is 0. The third-order valence-corrected chi connectivity index (χ3v) is 4.18. The van der Waals surface area contributed by atoms with Crippen molar-refractivity contribution in [3.05, 3.63) is 35.9 Å². The predicted octanol–water partition coefficient (Wildman–Crippen LogP) is 1.91. The third kappa shape index (κ3) is 1.82. The number of rotatable bonds is 2. The van der Waals surface area contributed by atoms with Crippen molar-refractivity contribution in [3.63, 3.8) is 0 Å². The van der Waals surface area contributed by atoms with Crippen molar-refractivity contribution < 1.29 is 14.3 Å². The lowest BCUT2D eigenvalue weighted by atomic mass is 9.78. The number of ether oxygens (including phenoxy) is 1. The fourth-order valence-electron chi connectivity index (χ4n) is 3.47. The van der Waals surface area contributed by atoms with Crippen LogP contribution in [0.2, 0.25) is 0 Å². The van der Waals surface area contributed by atoms with Gasteiger partial charge >= 0.3 is 5.97 Å². The van der Waals surface area contributed by atoms with Crippen molar-refractivity contribution in [2.45, 2.75) is 38.5 Å². The van der Waals surface area contributed by atoms with Crippen molar-refractivity contribution in [1.82, 2.24) is 4.90 Å². The summed E-state index contributed by atoms with van der Waals surface area (Å²) in [7, 11) is 0. The molecule has 2 saturated heterocycles. The molecule has 100 valence electrons. The molecule has 2 bridgehead atoms. The lowest BCUT2D eigenvalue weighted by Crippen LogP contribution is -2.47. The Hall–Kier alpha value is -1.84. The van der Waals surface area contributed by atoms with Gasteiger partial charge < -0.3 is 9.64 Å². The highest BCUT2D eigenvalue weighted by Gasteiger charge is 2.61. The van der Waals surface area contributed by atoms with Gasteiger partial charge in [-0.15, -0.1) is 0 Å². The van der Waals surface area contributed by atoms with Crippen LogP contribution in [0, 0.1) is 5.92 Å². The summed E-state index contributed by atoms with van der Waals surface area (Å²) in [5.74, 6) is 0.0214. The zero-order chi connectivity index (χ0) is 13.6. The molecule has 3 aliphatic rings. The van der Waals surface area contributed by atoms with Crippen molar-refractivity contribution in [2.24, 2.45) is 5.92 Å². The summed E-state index contributed by atoms with van der Waals surface area (Å²) < 4.78 is 5.37. The van der Waals surface area contributed by atoms with E-state index in [1.54, 1.807) is 6.92 Å². The number of nitrogens with zero attached hydrogens (tertiary/aromatic N) is 1. The molecule has 4 nitrogen and oxygen atoms in total. The number of carbonyl (C=O) groups is 2. The van der Waals surface area contributed by atoms with Crippen LogP contribution in [0.4, 0.5) is 0 Å². The van der Waals surface area contributed by atoms with E-state index >= 15 is 0 Å². The van der Waals surface area contributed by atoms with Gasteiger partial charge in [0.15, 0.2) is 0 Å². The molecule has 1 aliphatic carbocycles. The molecule has 4 atom stereocenters. The summed E-state index contributed by atoms with van der Waals surface area (Å²) in [4.78, 5) is 24.9. The average Bonchev–Trinajstić information content (AvgIpc) is 2.90. The Kier molecular flexibility index (Phi) is 2.81. The smallest absolute Gasteiger partial charge is 0.302 e. The topological polar surface area (TPSA) is 46.6 Å². The Balaban J connectivity index is 1.91. The van der Waals surface area contributed by atoms with Crippen LogP contribution in [-0.2, 0) is 14.3 Å². The van der Waals surface area contributed by atoms with E-state index in [4.69, 9.17) is 4.74 Å². The maximum atomic E-state index is 11.9. The summed E-state index contributed by atoms with van der Waals surface area (Å²) in [5.41, 5.74) is 1.12. The van der Waals surface area contributed by atoms with Gasteiger partial charge in [0, 0.05) is 19.8 Å². The van der Waals surface area contributed by atoms with Crippen LogP contribution in [0.25, 0.3) is 0 Å². The highest BCUT2D eigenvalue weighted by molar-refractivity contribution is 5.76. The fraction of sp³-hybridized carbons (Fsp3) is 0.467. The second kappa shape index (κ2) is 4.37. The first-order chi connectivity index (χ1) is 9.09. The number of fused-ring (bicyclic) bond motifs is 1. The molecule has 3 fully saturated rings. The minimum Gasteiger partial charge on any atom is -0.460 e. The minimum atomic E-state index is -0.267. The molecule has 0 N–H and O–H groups in total. The molecule has 19 heavy (non-hydrogen) atoms. The number of esters is 1. The maximum absolute atomic E-state index is 11.9. The van der Waals surface area contributed by atoms with Crippen molar-refractivity contribution in [2.75, 3.05) is 0 Å². The van der Waals surface area contributed by atoms with Crippen LogP contribution in [0.15, 0.2) is 30.3 Å². The molecule has 4 rings (SSSR count). The lowest BCUT2D eigenvalue weighted by molar-refractivity contribution is -0.156. The predicted molar refractivity (Wildman–Crippen MR) is 69.2 cm³/mol. The molecule has 2 heterocycles. The quantitative estimate of drug-likeness (QED) is 0.762. The molecule has 1 aromatic carbocycles. The first-order valence-corrected chi connectivity index (χ1v) is 6.60. The van der Waals surface area contributed by atoms with Crippen molar-refractivity contribution >= 4 is 11.9 Å². The second-order valence-electron chi connectivity index (χ2n) is 5.32. The van der Waals surface area contributed by atoms with E-state index in [0.29, 0.717) is 0 Å². The van der Waals surface area contributed by atoms with E-state index in [2.05, 4.69) is 0 Å². The van der Waals surface area contributed by atoms with E-state index in [0.717, 1.165) is 12.0 Å². The van der Waals surface area contributed by atoms with Gasteiger partial charge in [-0.05, 0) is 12.0 Å². The molecule has 2 aliphatic heterocycles. The minimum absolute atomic E-state index is 0.0491. The first kappa shape index (κ1) is 12.2. The lowest BCUT2D eigenvalue weighted by Gasteiger charge is -2.34. The summed E-state index contributed by atoms with van der Waals surface area (Å²) in [6.45, 7) is 3.01. The summed E-state index contributed by atoms with van der Waals surface area (Å²) in [5, 5.41) is 0. The standard InChI is InChI=1S/C15H17NO3/c1-9(17)16-13-8-12(15(13)19-10(2)18)14(16)11-6-4-3-5-7-11/h3-7,12-15H,8H2,1-2H3/t12-,13-,14+,15-/m1/s1. The Morgan fingerprint density at radius 3 is 2.47 bits per heavy atom. The molecule has 0 unspecified atom stereocenters. The van der Waals surface area contributed by atoms with Crippen LogP contribution in [0.1, 0.15) is 31.9 Å². The van der Waals surface area contributed by atoms with E-state index < -0.39 is 0 Å². The molecule has 0 spiro atoms. The number of hydrogen-bond donors (Lipinski definition) is 0. The molecular formula is C15H17NO3. The molecule has 0 aromatic heterocycles. The number of hydrogen-bond acceptors (Lipinski definition) is 3. The number of amides is 1. The summed E-state index contributed by atoms with van der Waals surface area (Å²) in [6.07, 6.45) is 0.795. The maximum Gasteiger partial charge on any atom is 0.302 e. The van der Waals surface area contributed by atoms with Crippen LogP contribution in [0.5, 0.6) is 0 Å². The van der Waals surface area contributed by atoms with E-state index in [1.807, 2.05) is 35.2 Å². The van der Waals surface area contributed by atoms with Crippen LogP contribution >= 0.6 is 0 Å². The molecule has 1 saturated carbocycles. The highest BCUT2D eigenvalue weighted by atomic mass is 16.5. The molecule has 1 amide bonds. The fourth-order valence-corrected chi connectivity index (χ4v) is 3.47. The van der Waals surface area contributed by atoms with Gasteiger partial charge in [0.2, 0.25) is 5.91 Å². The summed E-state index contributed by atoms with van der Waals surface area (Å²) in [6, 6.07) is 10.1. The van der Waals surface area contributed by atoms with Gasteiger partial charge in [-0.25, -0.2) is 0 Å². The van der Waals surface area contributed by atoms with Crippen molar-refractivity contribution in [1.29, 1.82) is 0 Å². The van der Waals surface area contributed by atoms with Gasteiger partial charge in [0.05, 0.1) is 12.1 Å². The first-order valence-electron chi connectivity index (χ1n) is 6.60. The number of benzene rings is 1. The monoisotopic (exact) mass is 259 g/mol. The Labute approximate surface area is 112 Å². The van der Waals surface area contributed by atoms with Crippen LogP contribution in [-0.4, -0.2) is 28.9 Å².